The van der Waals surface area contributed by atoms with Crippen LogP contribution < -0.4 is 5.32 Å². The molecule has 1 amide bonds. The molecule has 0 radical (unpaired) electrons. The molecule has 0 aromatic heterocycles. The zero-order valence-corrected chi connectivity index (χ0v) is 14.3. The molecule has 0 aromatic carbocycles. The Labute approximate surface area is 126 Å². The van der Waals surface area contributed by atoms with Crippen LogP contribution in [0.15, 0.2) is 0 Å². The smallest absolute Gasteiger partial charge is 0.219 e. The molecule has 0 aliphatic heterocycles. The van der Waals surface area contributed by atoms with Gasteiger partial charge in [-0.25, -0.2) is 0 Å². The van der Waals surface area contributed by atoms with E-state index in [2.05, 4.69) is 19.2 Å². The van der Waals surface area contributed by atoms with Crippen LogP contribution in [0.3, 0.4) is 0 Å². The van der Waals surface area contributed by atoms with Crippen LogP contribution >= 0.6 is 0 Å². The number of nitrogens with one attached hydrogen (secondary N) is 1. The minimum atomic E-state index is 0.220. The molecule has 2 nitrogen and oxygen atoms in total. The molecule has 2 fully saturated rings. The zero-order chi connectivity index (χ0) is 15.2. The van der Waals surface area contributed by atoms with Crippen LogP contribution in [-0.4, -0.2) is 13.0 Å². The summed E-state index contributed by atoms with van der Waals surface area (Å²) in [6.45, 7) is 8.74. The molecule has 2 saturated carbocycles. The maximum atomic E-state index is 11.5. The van der Waals surface area contributed by atoms with Gasteiger partial charge in [0.05, 0.1) is 0 Å². The number of amides is 1. The lowest BCUT2D eigenvalue weighted by Crippen LogP contribution is -2.40. The maximum absolute atomic E-state index is 11.5. The van der Waals surface area contributed by atoms with Crippen LogP contribution in [-0.2, 0) is 4.79 Å². The molecule has 118 valence electrons. The predicted octanol–water partition coefficient (Wildman–Crippen LogP) is 4.78. The van der Waals surface area contributed by atoms with Crippen molar-refractivity contribution in [2.24, 2.45) is 23.2 Å². The lowest BCUT2D eigenvalue weighted by Gasteiger charge is -2.51. The second-order valence-electron chi connectivity index (χ2n) is 7.00. The second-order valence-corrected chi connectivity index (χ2v) is 7.00. The fourth-order valence-electron chi connectivity index (χ4n) is 4.80. The SMILES string of the molecule is CC.CCC1CC2CC(C)CC(CCC(=O)NC)(C1)C2. The first-order valence-corrected chi connectivity index (χ1v) is 8.77. The summed E-state index contributed by atoms with van der Waals surface area (Å²) in [6.07, 6.45) is 10.2. The lowest BCUT2D eigenvalue weighted by molar-refractivity contribution is -0.122. The third-order valence-electron chi connectivity index (χ3n) is 5.37. The zero-order valence-electron chi connectivity index (χ0n) is 14.3. The Kier molecular flexibility index (Phi) is 7.05. The second kappa shape index (κ2) is 8.05. The minimum Gasteiger partial charge on any atom is -0.359 e. The Morgan fingerprint density at radius 2 is 1.90 bits per heavy atom. The molecule has 1 N–H and O–H groups in total. The van der Waals surface area contributed by atoms with Crippen LogP contribution in [0.25, 0.3) is 0 Å². The molecule has 2 aliphatic carbocycles. The van der Waals surface area contributed by atoms with Crippen molar-refractivity contribution in [1.29, 1.82) is 0 Å². The molecule has 2 rings (SSSR count). The highest BCUT2D eigenvalue weighted by Crippen LogP contribution is 2.55. The Morgan fingerprint density at radius 1 is 1.20 bits per heavy atom. The van der Waals surface area contributed by atoms with Gasteiger partial charge in [-0.1, -0.05) is 34.1 Å². The van der Waals surface area contributed by atoms with Crippen LogP contribution in [0.1, 0.15) is 79.1 Å². The van der Waals surface area contributed by atoms with Crippen molar-refractivity contribution in [3.63, 3.8) is 0 Å². The van der Waals surface area contributed by atoms with Gasteiger partial charge in [0, 0.05) is 13.5 Å². The lowest BCUT2D eigenvalue weighted by atomic mass is 9.55. The Balaban J connectivity index is 0.000000956. The van der Waals surface area contributed by atoms with E-state index in [9.17, 15) is 4.79 Å². The molecule has 0 saturated heterocycles. The van der Waals surface area contributed by atoms with Gasteiger partial charge in [-0.15, -0.1) is 0 Å². The first-order chi connectivity index (χ1) is 9.57. The molecular formula is C18H35NO. The van der Waals surface area contributed by atoms with E-state index in [1.54, 1.807) is 7.05 Å². The summed E-state index contributed by atoms with van der Waals surface area (Å²) in [5.74, 6) is 2.95. The summed E-state index contributed by atoms with van der Waals surface area (Å²) >= 11 is 0. The van der Waals surface area contributed by atoms with Gasteiger partial charge in [0.15, 0.2) is 0 Å². The number of rotatable bonds is 4. The van der Waals surface area contributed by atoms with Crippen LogP contribution in [0.5, 0.6) is 0 Å². The monoisotopic (exact) mass is 281 g/mol. The van der Waals surface area contributed by atoms with Crippen molar-refractivity contribution in [1.82, 2.24) is 5.32 Å². The average molecular weight is 281 g/mol. The summed E-state index contributed by atoms with van der Waals surface area (Å²) in [7, 11) is 1.75. The Morgan fingerprint density at radius 3 is 2.50 bits per heavy atom. The van der Waals surface area contributed by atoms with Crippen LogP contribution in [0.2, 0.25) is 0 Å². The van der Waals surface area contributed by atoms with Gasteiger partial charge in [0.2, 0.25) is 5.91 Å². The molecule has 4 atom stereocenters. The standard InChI is InChI=1S/C16H29NO.C2H6/c1-4-13-8-14-7-12(2)9-16(10-13,11-14)6-5-15(18)17-3;1-2/h12-14H,4-11H2,1-3H3,(H,17,18);1-2H3. The fourth-order valence-corrected chi connectivity index (χ4v) is 4.80. The summed E-state index contributed by atoms with van der Waals surface area (Å²) < 4.78 is 0. The van der Waals surface area contributed by atoms with Crippen molar-refractivity contribution in [2.75, 3.05) is 7.05 Å². The Hall–Kier alpha value is -0.530. The molecular weight excluding hydrogens is 246 g/mol. The summed E-state index contributed by atoms with van der Waals surface area (Å²) in [4.78, 5) is 11.5. The molecule has 20 heavy (non-hydrogen) atoms. The number of hydrogen-bond acceptors (Lipinski definition) is 1. The van der Waals surface area contributed by atoms with Crippen molar-refractivity contribution in [3.8, 4) is 0 Å². The van der Waals surface area contributed by atoms with Gasteiger partial charge in [0.25, 0.3) is 0 Å². The van der Waals surface area contributed by atoms with E-state index in [1.807, 2.05) is 13.8 Å². The van der Waals surface area contributed by atoms with Crippen LogP contribution in [0, 0.1) is 23.2 Å². The average Bonchev–Trinajstić information content (AvgIpc) is 2.45. The highest BCUT2D eigenvalue weighted by atomic mass is 16.1. The predicted molar refractivity (Wildman–Crippen MR) is 86.6 cm³/mol. The first kappa shape index (κ1) is 17.5. The Bertz CT molecular complexity index is 298. The number of hydrogen-bond donors (Lipinski definition) is 1. The highest BCUT2D eigenvalue weighted by Gasteiger charge is 2.44. The maximum Gasteiger partial charge on any atom is 0.219 e. The van der Waals surface area contributed by atoms with E-state index in [-0.39, 0.29) is 5.91 Å². The van der Waals surface area contributed by atoms with Gasteiger partial charge in [0.1, 0.15) is 0 Å². The normalized spacial score (nSPS) is 35.8. The number of carbonyl (C=O) groups is 1. The van der Waals surface area contributed by atoms with Crippen molar-refractivity contribution < 1.29 is 4.79 Å². The topological polar surface area (TPSA) is 29.1 Å². The van der Waals surface area contributed by atoms with Crippen LogP contribution in [0.4, 0.5) is 0 Å². The minimum absolute atomic E-state index is 0.220. The molecule has 4 unspecified atom stereocenters. The summed E-state index contributed by atoms with van der Waals surface area (Å²) in [5.41, 5.74) is 0.494. The fraction of sp³-hybridized carbons (Fsp3) is 0.944. The van der Waals surface area contributed by atoms with Gasteiger partial charge in [-0.05, 0) is 61.7 Å². The van der Waals surface area contributed by atoms with Gasteiger partial charge >= 0.3 is 0 Å². The van der Waals surface area contributed by atoms with Crippen molar-refractivity contribution in [2.45, 2.75) is 79.1 Å². The third kappa shape index (κ3) is 4.49. The van der Waals surface area contributed by atoms with Crippen molar-refractivity contribution >= 4 is 5.91 Å². The molecule has 2 bridgehead atoms. The van der Waals surface area contributed by atoms with E-state index in [1.165, 1.54) is 38.5 Å². The largest absolute Gasteiger partial charge is 0.359 e. The van der Waals surface area contributed by atoms with E-state index < -0.39 is 0 Å². The van der Waals surface area contributed by atoms with E-state index in [0.29, 0.717) is 5.41 Å². The molecule has 2 aliphatic rings. The van der Waals surface area contributed by atoms with Crippen molar-refractivity contribution in [3.05, 3.63) is 0 Å². The number of fused-ring (bicyclic) bond motifs is 2. The van der Waals surface area contributed by atoms with Gasteiger partial charge in [-0.3, -0.25) is 4.79 Å². The van der Waals surface area contributed by atoms with E-state index >= 15 is 0 Å². The highest BCUT2D eigenvalue weighted by molar-refractivity contribution is 5.75. The molecule has 0 heterocycles. The van der Waals surface area contributed by atoms with Gasteiger partial charge in [-0.2, -0.15) is 0 Å². The van der Waals surface area contributed by atoms with E-state index in [4.69, 9.17) is 0 Å². The molecule has 0 aromatic rings. The quantitative estimate of drug-likeness (QED) is 0.789. The first-order valence-electron chi connectivity index (χ1n) is 8.77. The molecule has 2 heteroatoms. The van der Waals surface area contributed by atoms with Gasteiger partial charge < -0.3 is 5.32 Å². The summed E-state index contributed by atoms with van der Waals surface area (Å²) in [5, 5.41) is 2.77. The molecule has 0 spiro atoms. The summed E-state index contributed by atoms with van der Waals surface area (Å²) in [6, 6.07) is 0. The van der Waals surface area contributed by atoms with E-state index in [0.717, 1.165) is 30.6 Å². The third-order valence-corrected chi connectivity index (χ3v) is 5.37. The number of carbonyl (C=O) groups excluding carboxylic acids is 1.